The number of rotatable bonds is 8. The third-order valence-corrected chi connectivity index (χ3v) is 3.31. The zero-order valence-electron chi connectivity index (χ0n) is 10.8. The summed E-state index contributed by atoms with van der Waals surface area (Å²) >= 11 is 1.65. The molecule has 1 unspecified atom stereocenters. The molecule has 0 saturated carbocycles. The largest absolute Gasteiger partial charge is 0.445 e. The van der Waals surface area contributed by atoms with Crippen LogP contribution in [-0.2, 0) is 17.9 Å². The van der Waals surface area contributed by atoms with E-state index in [0.717, 1.165) is 10.6 Å². The summed E-state index contributed by atoms with van der Waals surface area (Å²) in [5.41, 5.74) is 0. The SMILES string of the molecule is Cc1cnc(CNCC(O)COCc2cccs2)o1. The van der Waals surface area contributed by atoms with Crippen molar-refractivity contribution in [1.29, 1.82) is 0 Å². The molecule has 2 N–H and O–H groups in total. The van der Waals surface area contributed by atoms with Gasteiger partial charge in [-0.15, -0.1) is 11.3 Å². The predicted octanol–water partition coefficient (Wildman–Crippen LogP) is 1.71. The van der Waals surface area contributed by atoms with Crippen LogP contribution in [0.3, 0.4) is 0 Å². The Kier molecular flexibility index (Phi) is 5.53. The molecule has 0 bridgehead atoms. The maximum absolute atomic E-state index is 9.73. The summed E-state index contributed by atoms with van der Waals surface area (Å²) in [6.07, 6.45) is 1.15. The van der Waals surface area contributed by atoms with Crippen LogP contribution < -0.4 is 5.32 Å². The molecular weight excluding hydrogens is 264 g/mol. The average molecular weight is 282 g/mol. The van der Waals surface area contributed by atoms with Crippen LogP contribution in [0.25, 0.3) is 0 Å². The lowest BCUT2D eigenvalue weighted by atomic mass is 10.3. The minimum absolute atomic E-state index is 0.315. The van der Waals surface area contributed by atoms with Gasteiger partial charge in [-0.25, -0.2) is 4.98 Å². The fourth-order valence-electron chi connectivity index (χ4n) is 1.58. The molecule has 0 radical (unpaired) electrons. The van der Waals surface area contributed by atoms with E-state index in [1.807, 2.05) is 24.4 Å². The minimum atomic E-state index is -0.531. The van der Waals surface area contributed by atoms with Crippen LogP contribution >= 0.6 is 11.3 Å². The summed E-state index contributed by atoms with van der Waals surface area (Å²) in [4.78, 5) is 5.23. The molecular formula is C13H18N2O3S. The standard InChI is InChI=1S/C13H18N2O3S/c1-10-5-15-13(18-10)7-14-6-11(16)8-17-9-12-3-2-4-19-12/h2-5,11,14,16H,6-9H2,1H3. The van der Waals surface area contributed by atoms with E-state index < -0.39 is 6.10 Å². The zero-order valence-corrected chi connectivity index (χ0v) is 11.7. The van der Waals surface area contributed by atoms with Gasteiger partial charge in [-0.05, 0) is 18.4 Å². The number of nitrogens with one attached hydrogen (secondary N) is 1. The second-order valence-electron chi connectivity index (χ2n) is 4.24. The number of hydrogen-bond donors (Lipinski definition) is 2. The van der Waals surface area contributed by atoms with Crippen molar-refractivity contribution >= 4 is 11.3 Å². The molecule has 2 aromatic heterocycles. The smallest absolute Gasteiger partial charge is 0.208 e. The Labute approximate surface area is 116 Å². The van der Waals surface area contributed by atoms with Crippen molar-refractivity contribution in [2.24, 2.45) is 0 Å². The Morgan fingerprint density at radius 1 is 1.58 bits per heavy atom. The number of nitrogens with zero attached hydrogens (tertiary/aromatic N) is 1. The first-order valence-corrected chi connectivity index (χ1v) is 7.02. The van der Waals surface area contributed by atoms with Crippen molar-refractivity contribution in [3.05, 3.63) is 40.2 Å². The molecule has 0 amide bonds. The third kappa shape index (κ3) is 5.12. The van der Waals surface area contributed by atoms with Crippen molar-refractivity contribution in [2.45, 2.75) is 26.2 Å². The fraction of sp³-hybridized carbons (Fsp3) is 0.462. The lowest BCUT2D eigenvalue weighted by Gasteiger charge is -2.11. The maximum atomic E-state index is 9.73. The zero-order chi connectivity index (χ0) is 13.5. The lowest BCUT2D eigenvalue weighted by molar-refractivity contribution is 0.0295. The van der Waals surface area contributed by atoms with Gasteiger partial charge in [-0.3, -0.25) is 0 Å². The van der Waals surface area contributed by atoms with Crippen molar-refractivity contribution in [1.82, 2.24) is 10.3 Å². The Hall–Kier alpha value is -1.21. The molecule has 19 heavy (non-hydrogen) atoms. The van der Waals surface area contributed by atoms with Crippen LogP contribution in [0.2, 0.25) is 0 Å². The van der Waals surface area contributed by atoms with Gasteiger partial charge in [-0.2, -0.15) is 0 Å². The number of aryl methyl sites for hydroxylation is 1. The van der Waals surface area contributed by atoms with Gasteiger partial charge in [0.1, 0.15) is 5.76 Å². The molecule has 0 spiro atoms. The van der Waals surface area contributed by atoms with Crippen LogP contribution in [-0.4, -0.2) is 29.3 Å². The number of ether oxygens (including phenoxy) is 1. The first-order valence-electron chi connectivity index (χ1n) is 6.14. The number of oxazole rings is 1. The maximum Gasteiger partial charge on any atom is 0.208 e. The molecule has 0 aromatic carbocycles. The Bertz CT molecular complexity index is 470. The van der Waals surface area contributed by atoms with Crippen molar-refractivity contribution in [2.75, 3.05) is 13.2 Å². The number of hydrogen-bond acceptors (Lipinski definition) is 6. The van der Waals surface area contributed by atoms with Crippen LogP contribution in [0, 0.1) is 6.92 Å². The van der Waals surface area contributed by atoms with Gasteiger partial charge in [0.25, 0.3) is 0 Å². The number of aliphatic hydroxyl groups excluding tert-OH is 1. The summed E-state index contributed by atoms with van der Waals surface area (Å²) in [6.45, 7) is 3.68. The first kappa shape index (κ1) is 14.2. The van der Waals surface area contributed by atoms with Crippen molar-refractivity contribution in [3.63, 3.8) is 0 Å². The highest BCUT2D eigenvalue weighted by molar-refractivity contribution is 7.09. The second-order valence-corrected chi connectivity index (χ2v) is 5.28. The lowest BCUT2D eigenvalue weighted by Crippen LogP contribution is -2.30. The quantitative estimate of drug-likeness (QED) is 0.771. The normalized spacial score (nSPS) is 12.7. The van der Waals surface area contributed by atoms with Gasteiger partial charge < -0.3 is 19.6 Å². The molecule has 0 saturated heterocycles. The third-order valence-electron chi connectivity index (χ3n) is 2.46. The molecule has 2 heterocycles. The van der Waals surface area contributed by atoms with E-state index in [2.05, 4.69) is 10.3 Å². The van der Waals surface area contributed by atoms with Crippen LogP contribution in [0.4, 0.5) is 0 Å². The second kappa shape index (κ2) is 7.40. The predicted molar refractivity (Wildman–Crippen MR) is 72.9 cm³/mol. The number of aromatic nitrogens is 1. The number of thiophene rings is 1. The summed E-state index contributed by atoms with van der Waals surface area (Å²) in [5, 5.41) is 14.8. The average Bonchev–Trinajstić information content (AvgIpc) is 3.01. The molecule has 6 heteroatoms. The molecule has 0 aliphatic rings. The molecule has 2 aromatic rings. The molecule has 1 atom stereocenters. The van der Waals surface area contributed by atoms with Crippen LogP contribution in [0.1, 0.15) is 16.5 Å². The van der Waals surface area contributed by atoms with Gasteiger partial charge in [0.15, 0.2) is 0 Å². The van der Waals surface area contributed by atoms with Crippen LogP contribution in [0.15, 0.2) is 28.1 Å². The topological polar surface area (TPSA) is 67.5 Å². The molecule has 0 aliphatic heterocycles. The van der Waals surface area contributed by atoms with E-state index in [1.54, 1.807) is 17.5 Å². The van der Waals surface area contributed by atoms with Gasteiger partial charge in [0, 0.05) is 11.4 Å². The van der Waals surface area contributed by atoms with E-state index in [4.69, 9.17) is 9.15 Å². The van der Waals surface area contributed by atoms with Gasteiger partial charge >= 0.3 is 0 Å². The van der Waals surface area contributed by atoms with E-state index in [9.17, 15) is 5.11 Å². The summed E-state index contributed by atoms with van der Waals surface area (Å²) in [6, 6.07) is 4.00. The summed E-state index contributed by atoms with van der Waals surface area (Å²) in [5.74, 6) is 1.42. The van der Waals surface area contributed by atoms with Crippen LogP contribution in [0.5, 0.6) is 0 Å². The molecule has 104 valence electrons. The summed E-state index contributed by atoms with van der Waals surface area (Å²) in [7, 11) is 0. The molecule has 0 aliphatic carbocycles. The number of aliphatic hydroxyl groups is 1. The highest BCUT2D eigenvalue weighted by atomic mass is 32.1. The van der Waals surface area contributed by atoms with E-state index >= 15 is 0 Å². The van der Waals surface area contributed by atoms with Gasteiger partial charge in [0.05, 0.1) is 32.1 Å². The highest BCUT2D eigenvalue weighted by Gasteiger charge is 2.06. The molecule has 5 nitrogen and oxygen atoms in total. The van der Waals surface area contributed by atoms with E-state index in [-0.39, 0.29) is 0 Å². The van der Waals surface area contributed by atoms with E-state index in [0.29, 0.717) is 32.2 Å². The fourth-order valence-corrected chi connectivity index (χ4v) is 2.22. The van der Waals surface area contributed by atoms with Crippen molar-refractivity contribution in [3.8, 4) is 0 Å². The van der Waals surface area contributed by atoms with Crippen molar-refractivity contribution < 1.29 is 14.3 Å². The van der Waals surface area contributed by atoms with E-state index in [1.165, 1.54) is 0 Å². The monoisotopic (exact) mass is 282 g/mol. The highest BCUT2D eigenvalue weighted by Crippen LogP contribution is 2.09. The molecule has 2 rings (SSSR count). The summed E-state index contributed by atoms with van der Waals surface area (Å²) < 4.78 is 10.7. The Morgan fingerprint density at radius 3 is 3.16 bits per heavy atom. The first-order chi connectivity index (χ1) is 9.24. The minimum Gasteiger partial charge on any atom is -0.445 e. The van der Waals surface area contributed by atoms with Gasteiger partial charge in [-0.1, -0.05) is 6.07 Å². The van der Waals surface area contributed by atoms with Gasteiger partial charge in [0.2, 0.25) is 5.89 Å². The Balaban J connectivity index is 1.55. The Morgan fingerprint density at radius 2 is 2.47 bits per heavy atom. The molecule has 0 fully saturated rings.